The SMILES string of the molecule is Fc1ccc(C2=CCN(c3nc(C4CC4)ns3)CC2)cc1. The van der Waals surface area contributed by atoms with Crippen molar-refractivity contribution in [3.05, 3.63) is 47.5 Å². The maximum atomic E-state index is 13.0. The zero-order chi connectivity index (χ0) is 14.2. The lowest BCUT2D eigenvalue weighted by Gasteiger charge is -2.25. The van der Waals surface area contributed by atoms with Crippen molar-refractivity contribution in [2.24, 2.45) is 0 Å². The molecule has 2 aliphatic rings. The summed E-state index contributed by atoms with van der Waals surface area (Å²) in [6.07, 6.45) is 5.66. The summed E-state index contributed by atoms with van der Waals surface area (Å²) in [5, 5.41) is 1.03. The van der Waals surface area contributed by atoms with Crippen LogP contribution < -0.4 is 4.90 Å². The first kappa shape index (κ1) is 13.0. The molecule has 0 N–H and O–H groups in total. The predicted octanol–water partition coefficient (Wildman–Crippen LogP) is 3.85. The Bertz CT molecular complexity index is 673. The zero-order valence-corrected chi connectivity index (χ0v) is 12.4. The van der Waals surface area contributed by atoms with Gasteiger partial charge < -0.3 is 4.90 Å². The highest BCUT2D eigenvalue weighted by atomic mass is 32.1. The van der Waals surface area contributed by atoms with Crippen LogP contribution in [0.2, 0.25) is 0 Å². The van der Waals surface area contributed by atoms with Gasteiger partial charge in [0.15, 0.2) is 0 Å². The average molecular weight is 301 g/mol. The second kappa shape index (κ2) is 5.22. The zero-order valence-electron chi connectivity index (χ0n) is 11.6. The van der Waals surface area contributed by atoms with Crippen LogP contribution in [0.3, 0.4) is 0 Å². The Balaban J connectivity index is 1.48. The van der Waals surface area contributed by atoms with Gasteiger partial charge in [-0.3, -0.25) is 0 Å². The quantitative estimate of drug-likeness (QED) is 0.862. The van der Waals surface area contributed by atoms with Crippen molar-refractivity contribution in [2.75, 3.05) is 18.0 Å². The highest BCUT2D eigenvalue weighted by Crippen LogP contribution is 2.40. The second-order valence-electron chi connectivity index (χ2n) is 5.64. The van der Waals surface area contributed by atoms with Gasteiger partial charge in [-0.25, -0.2) is 9.37 Å². The van der Waals surface area contributed by atoms with E-state index in [-0.39, 0.29) is 5.82 Å². The molecule has 0 bridgehead atoms. The van der Waals surface area contributed by atoms with Crippen LogP contribution in [0.1, 0.15) is 36.6 Å². The third-order valence-electron chi connectivity index (χ3n) is 4.07. The van der Waals surface area contributed by atoms with Crippen molar-refractivity contribution in [1.29, 1.82) is 0 Å². The van der Waals surface area contributed by atoms with Crippen molar-refractivity contribution in [1.82, 2.24) is 9.36 Å². The monoisotopic (exact) mass is 301 g/mol. The molecule has 4 rings (SSSR count). The van der Waals surface area contributed by atoms with Crippen LogP contribution >= 0.6 is 11.5 Å². The molecule has 0 spiro atoms. The Morgan fingerprint density at radius 1 is 1.19 bits per heavy atom. The van der Waals surface area contributed by atoms with E-state index in [2.05, 4.69) is 20.3 Å². The van der Waals surface area contributed by atoms with Gasteiger partial charge in [0.2, 0.25) is 5.13 Å². The van der Waals surface area contributed by atoms with E-state index in [1.54, 1.807) is 0 Å². The molecule has 2 heterocycles. The topological polar surface area (TPSA) is 29.0 Å². The molecule has 1 aromatic heterocycles. The Morgan fingerprint density at radius 2 is 2.00 bits per heavy atom. The third kappa shape index (κ3) is 2.70. The molecule has 21 heavy (non-hydrogen) atoms. The molecular formula is C16H16FN3S. The van der Waals surface area contributed by atoms with Crippen molar-refractivity contribution in [3.63, 3.8) is 0 Å². The minimum Gasteiger partial charge on any atom is -0.343 e. The minimum absolute atomic E-state index is 0.182. The third-order valence-corrected chi connectivity index (χ3v) is 4.86. The van der Waals surface area contributed by atoms with Crippen molar-refractivity contribution < 1.29 is 4.39 Å². The number of hydrogen-bond acceptors (Lipinski definition) is 4. The molecule has 0 unspecified atom stereocenters. The number of halogens is 1. The fourth-order valence-electron chi connectivity index (χ4n) is 2.63. The maximum Gasteiger partial charge on any atom is 0.205 e. The predicted molar refractivity (Wildman–Crippen MR) is 83.1 cm³/mol. The van der Waals surface area contributed by atoms with E-state index < -0.39 is 0 Å². The highest BCUT2D eigenvalue weighted by molar-refractivity contribution is 7.09. The number of nitrogens with zero attached hydrogens (tertiary/aromatic N) is 3. The van der Waals surface area contributed by atoms with Gasteiger partial charge in [-0.1, -0.05) is 18.2 Å². The number of hydrogen-bond donors (Lipinski definition) is 0. The van der Waals surface area contributed by atoms with E-state index in [1.165, 1.54) is 42.1 Å². The molecule has 1 fully saturated rings. The van der Waals surface area contributed by atoms with Gasteiger partial charge in [-0.05, 0) is 42.5 Å². The van der Waals surface area contributed by atoms with Gasteiger partial charge in [0.25, 0.3) is 0 Å². The number of aromatic nitrogens is 2. The summed E-state index contributed by atoms with van der Waals surface area (Å²) in [7, 11) is 0. The van der Waals surface area contributed by atoms with Crippen LogP contribution in [0.4, 0.5) is 9.52 Å². The first-order chi connectivity index (χ1) is 10.3. The van der Waals surface area contributed by atoms with Gasteiger partial charge in [-0.2, -0.15) is 4.37 Å². The number of benzene rings is 1. The van der Waals surface area contributed by atoms with Gasteiger partial charge >= 0.3 is 0 Å². The Kier molecular flexibility index (Phi) is 3.22. The summed E-state index contributed by atoms with van der Waals surface area (Å²) >= 11 is 1.51. The maximum absolute atomic E-state index is 13.0. The highest BCUT2D eigenvalue weighted by Gasteiger charge is 2.28. The Morgan fingerprint density at radius 3 is 2.67 bits per heavy atom. The van der Waals surface area contributed by atoms with Gasteiger partial charge in [0.05, 0.1) is 0 Å². The van der Waals surface area contributed by atoms with E-state index in [1.807, 2.05) is 12.1 Å². The second-order valence-corrected chi connectivity index (χ2v) is 6.37. The molecule has 0 atom stereocenters. The van der Waals surface area contributed by atoms with E-state index in [9.17, 15) is 4.39 Å². The van der Waals surface area contributed by atoms with Crippen LogP contribution in [-0.2, 0) is 0 Å². The molecule has 1 aliphatic heterocycles. The molecule has 1 saturated carbocycles. The van der Waals surface area contributed by atoms with E-state index in [0.29, 0.717) is 5.92 Å². The smallest absolute Gasteiger partial charge is 0.205 e. The Labute approximate surface area is 127 Å². The first-order valence-electron chi connectivity index (χ1n) is 7.33. The summed E-state index contributed by atoms with van der Waals surface area (Å²) in [5.74, 6) is 1.46. The molecule has 1 aliphatic carbocycles. The largest absolute Gasteiger partial charge is 0.343 e. The molecule has 0 amide bonds. The van der Waals surface area contributed by atoms with Crippen LogP contribution in [0, 0.1) is 5.82 Å². The summed E-state index contributed by atoms with van der Waals surface area (Å²) in [6.45, 7) is 1.80. The average Bonchev–Trinajstić information content (AvgIpc) is 3.26. The lowest BCUT2D eigenvalue weighted by molar-refractivity contribution is 0.627. The van der Waals surface area contributed by atoms with Crippen LogP contribution in [0.5, 0.6) is 0 Å². The van der Waals surface area contributed by atoms with E-state index in [4.69, 9.17) is 0 Å². The fourth-order valence-corrected chi connectivity index (χ4v) is 3.41. The van der Waals surface area contributed by atoms with E-state index in [0.717, 1.165) is 36.0 Å². The standard InChI is InChI=1S/C16H16FN3S/c17-14-5-3-11(4-6-14)12-7-9-20(10-8-12)16-18-15(19-21-16)13-1-2-13/h3-7,13H,1-2,8-10H2. The number of anilines is 1. The molecule has 108 valence electrons. The Hall–Kier alpha value is -1.75. The lowest BCUT2D eigenvalue weighted by atomic mass is 10.00. The van der Waals surface area contributed by atoms with Crippen LogP contribution in [-0.4, -0.2) is 22.4 Å². The summed E-state index contributed by atoms with van der Waals surface area (Å²) in [6, 6.07) is 6.75. The fraction of sp³-hybridized carbons (Fsp3) is 0.375. The summed E-state index contributed by atoms with van der Waals surface area (Å²) in [4.78, 5) is 6.93. The number of rotatable bonds is 3. The minimum atomic E-state index is -0.182. The molecular weight excluding hydrogens is 285 g/mol. The molecule has 3 nitrogen and oxygen atoms in total. The van der Waals surface area contributed by atoms with Crippen LogP contribution in [0.25, 0.3) is 5.57 Å². The molecule has 2 aromatic rings. The molecule has 0 radical (unpaired) electrons. The van der Waals surface area contributed by atoms with Crippen molar-refractivity contribution in [2.45, 2.75) is 25.2 Å². The van der Waals surface area contributed by atoms with Crippen molar-refractivity contribution >= 4 is 22.2 Å². The van der Waals surface area contributed by atoms with Gasteiger partial charge in [0, 0.05) is 30.5 Å². The van der Waals surface area contributed by atoms with Gasteiger partial charge in [0.1, 0.15) is 11.6 Å². The lowest BCUT2D eigenvalue weighted by Crippen LogP contribution is -2.28. The summed E-state index contributed by atoms with van der Waals surface area (Å²) < 4.78 is 17.4. The van der Waals surface area contributed by atoms with Crippen molar-refractivity contribution in [3.8, 4) is 0 Å². The summed E-state index contributed by atoms with van der Waals surface area (Å²) in [5.41, 5.74) is 2.41. The molecule has 1 aromatic carbocycles. The first-order valence-corrected chi connectivity index (χ1v) is 8.10. The van der Waals surface area contributed by atoms with E-state index >= 15 is 0 Å². The van der Waals surface area contributed by atoms with Gasteiger partial charge in [-0.15, -0.1) is 0 Å². The van der Waals surface area contributed by atoms with Crippen LogP contribution in [0.15, 0.2) is 30.3 Å². The molecule has 0 saturated heterocycles. The molecule has 5 heteroatoms. The normalized spacial score (nSPS) is 18.7.